The van der Waals surface area contributed by atoms with Gasteiger partial charge in [-0.25, -0.2) is 4.98 Å². The summed E-state index contributed by atoms with van der Waals surface area (Å²) in [6.45, 7) is 0. The molecule has 4 rings (SSSR count). The highest BCUT2D eigenvalue weighted by Gasteiger charge is 2.10. The van der Waals surface area contributed by atoms with Gasteiger partial charge >= 0.3 is 0 Å². The number of amides is 1. The summed E-state index contributed by atoms with van der Waals surface area (Å²) in [4.78, 5) is 23.6. The molecule has 0 aliphatic heterocycles. The maximum atomic E-state index is 12.4. The number of rotatable bonds is 4. The Kier molecular flexibility index (Phi) is 3.84. The van der Waals surface area contributed by atoms with Gasteiger partial charge in [0.2, 0.25) is 5.88 Å². The summed E-state index contributed by atoms with van der Waals surface area (Å²) in [5.41, 5.74) is 2.05. The Hall–Kier alpha value is -3.67. The Morgan fingerprint density at radius 1 is 1.04 bits per heavy atom. The van der Waals surface area contributed by atoms with Crippen LogP contribution in [0.25, 0.3) is 10.9 Å². The zero-order valence-corrected chi connectivity index (χ0v) is 13.1. The second-order valence-electron chi connectivity index (χ2n) is 5.40. The van der Waals surface area contributed by atoms with Crippen LogP contribution in [0.1, 0.15) is 10.5 Å². The fraction of sp³-hybridized carbons (Fsp3) is 0. The molecule has 0 unspecified atom stereocenters. The molecule has 25 heavy (non-hydrogen) atoms. The lowest BCUT2D eigenvalue weighted by atomic mass is 10.2. The number of carbonyl (C=O) groups is 1. The molecule has 0 saturated carbocycles. The lowest BCUT2D eigenvalue weighted by molar-refractivity contribution is 0.102. The quantitative estimate of drug-likeness (QED) is 0.592. The van der Waals surface area contributed by atoms with Crippen LogP contribution in [0, 0.1) is 0 Å². The van der Waals surface area contributed by atoms with E-state index >= 15 is 0 Å². The molecular weight excluding hydrogens is 316 g/mol. The third kappa shape index (κ3) is 3.32. The van der Waals surface area contributed by atoms with Crippen molar-refractivity contribution in [3.8, 4) is 11.6 Å². The second kappa shape index (κ2) is 6.45. The Labute approximate surface area is 143 Å². The smallest absolute Gasteiger partial charge is 0.272 e. The van der Waals surface area contributed by atoms with Crippen LogP contribution < -0.4 is 10.1 Å². The van der Waals surface area contributed by atoms with Gasteiger partial charge in [0.1, 0.15) is 11.4 Å². The molecule has 4 aromatic rings. The summed E-state index contributed by atoms with van der Waals surface area (Å²) >= 11 is 0. The van der Waals surface area contributed by atoms with Crippen LogP contribution >= 0.6 is 0 Å². The molecule has 2 aromatic carbocycles. The first-order valence-corrected chi connectivity index (χ1v) is 7.71. The van der Waals surface area contributed by atoms with Gasteiger partial charge in [-0.2, -0.15) is 0 Å². The third-order valence-corrected chi connectivity index (χ3v) is 3.63. The van der Waals surface area contributed by atoms with E-state index in [9.17, 15) is 4.79 Å². The van der Waals surface area contributed by atoms with Crippen LogP contribution in [-0.4, -0.2) is 20.9 Å². The lowest BCUT2D eigenvalue weighted by Crippen LogP contribution is -2.12. The van der Waals surface area contributed by atoms with Crippen LogP contribution in [0.5, 0.6) is 11.6 Å². The molecule has 2 heterocycles. The number of aromatic nitrogens is 3. The van der Waals surface area contributed by atoms with Crippen molar-refractivity contribution in [2.45, 2.75) is 0 Å². The number of ether oxygens (including phenoxy) is 1. The zero-order chi connectivity index (χ0) is 17.1. The third-order valence-electron chi connectivity index (χ3n) is 3.63. The van der Waals surface area contributed by atoms with Gasteiger partial charge in [-0.15, -0.1) is 0 Å². The lowest BCUT2D eigenvalue weighted by Gasteiger charge is -2.07. The molecule has 1 amide bonds. The van der Waals surface area contributed by atoms with Crippen LogP contribution in [-0.2, 0) is 0 Å². The highest BCUT2D eigenvalue weighted by molar-refractivity contribution is 6.05. The predicted octanol–water partition coefficient (Wildman–Crippen LogP) is 4.00. The minimum Gasteiger partial charge on any atom is -0.437 e. The summed E-state index contributed by atoms with van der Waals surface area (Å²) in [6, 6.07) is 16.7. The van der Waals surface area contributed by atoms with Gasteiger partial charge in [-0.05, 0) is 24.3 Å². The fourth-order valence-corrected chi connectivity index (χ4v) is 2.49. The van der Waals surface area contributed by atoms with Gasteiger partial charge < -0.3 is 15.0 Å². The van der Waals surface area contributed by atoms with E-state index < -0.39 is 0 Å². The number of anilines is 1. The van der Waals surface area contributed by atoms with Crippen molar-refractivity contribution in [2.24, 2.45) is 0 Å². The number of carbonyl (C=O) groups excluding carboxylic acids is 1. The SMILES string of the molecule is O=C(Nc1cccc(Oc2cnccn2)c1)c1cc2ccccc2[nH]1. The van der Waals surface area contributed by atoms with Crippen molar-refractivity contribution in [1.82, 2.24) is 15.0 Å². The van der Waals surface area contributed by atoms with E-state index in [1.807, 2.05) is 30.3 Å². The van der Waals surface area contributed by atoms with Crippen molar-refractivity contribution >= 4 is 22.5 Å². The molecular formula is C19H14N4O2. The number of fused-ring (bicyclic) bond motifs is 1. The van der Waals surface area contributed by atoms with E-state index in [-0.39, 0.29) is 5.91 Å². The van der Waals surface area contributed by atoms with Crippen LogP contribution in [0.15, 0.2) is 73.2 Å². The van der Waals surface area contributed by atoms with Crippen molar-refractivity contribution < 1.29 is 9.53 Å². The Bertz CT molecular complexity index is 995. The Morgan fingerprint density at radius 3 is 2.80 bits per heavy atom. The topological polar surface area (TPSA) is 79.9 Å². The normalized spacial score (nSPS) is 10.6. The van der Waals surface area contributed by atoms with E-state index in [0.29, 0.717) is 23.0 Å². The molecule has 6 nitrogen and oxygen atoms in total. The molecule has 2 aromatic heterocycles. The van der Waals surface area contributed by atoms with E-state index in [0.717, 1.165) is 10.9 Å². The molecule has 0 spiro atoms. The first-order valence-electron chi connectivity index (χ1n) is 7.71. The van der Waals surface area contributed by atoms with E-state index in [2.05, 4.69) is 20.3 Å². The monoisotopic (exact) mass is 330 g/mol. The molecule has 0 aliphatic rings. The molecule has 0 atom stereocenters. The number of hydrogen-bond donors (Lipinski definition) is 2. The van der Waals surface area contributed by atoms with E-state index in [1.54, 1.807) is 36.7 Å². The molecule has 0 saturated heterocycles. The van der Waals surface area contributed by atoms with Crippen molar-refractivity contribution in [2.75, 3.05) is 5.32 Å². The van der Waals surface area contributed by atoms with Gasteiger partial charge in [0.15, 0.2) is 0 Å². The van der Waals surface area contributed by atoms with Crippen molar-refractivity contribution in [1.29, 1.82) is 0 Å². The Morgan fingerprint density at radius 2 is 1.96 bits per heavy atom. The summed E-state index contributed by atoms with van der Waals surface area (Å²) in [5.74, 6) is 0.740. The largest absolute Gasteiger partial charge is 0.437 e. The van der Waals surface area contributed by atoms with Crippen molar-refractivity contribution in [3.63, 3.8) is 0 Å². The molecule has 6 heteroatoms. The minimum absolute atomic E-state index is 0.215. The first-order chi connectivity index (χ1) is 12.3. The summed E-state index contributed by atoms with van der Waals surface area (Å²) in [5, 5.41) is 3.85. The summed E-state index contributed by atoms with van der Waals surface area (Å²) < 4.78 is 5.62. The van der Waals surface area contributed by atoms with Crippen LogP contribution in [0.2, 0.25) is 0 Å². The van der Waals surface area contributed by atoms with Gasteiger partial charge in [0.05, 0.1) is 6.20 Å². The molecule has 0 fully saturated rings. The maximum Gasteiger partial charge on any atom is 0.272 e. The number of benzene rings is 2. The maximum absolute atomic E-state index is 12.4. The van der Waals surface area contributed by atoms with Crippen LogP contribution in [0.3, 0.4) is 0 Å². The highest BCUT2D eigenvalue weighted by Crippen LogP contribution is 2.23. The molecule has 2 N–H and O–H groups in total. The second-order valence-corrected chi connectivity index (χ2v) is 5.40. The number of H-pyrrole nitrogens is 1. The molecule has 0 bridgehead atoms. The van der Waals surface area contributed by atoms with E-state index in [4.69, 9.17) is 4.74 Å². The number of para-hydroxylation sites is 1. The molecule has 0 aliphatic carbocycles. The van der Waals surface area contributed by atoms with Gasteiger partial charge in [0.25, 0.3) is 5.91 Å². The average Bonchev–Trinajstić information content (AvgIpc) is 3.07. The van der Waals surface area contributed by atoms with Gasteiger partial charge in [-0.1, -0.05) is 24.3 Å². The standard InChI is InChI=1S/C19H14N4O2/c24-19(17-10-13-4-1-2-7-16(13)23-17)22-14-5-3-6-15(11-14)25-18-12-20-8-9-21-18/h1-12,23H,(H,22,24). The molecule has 0 radical (unpaired) electrons. The molecule has 122 valence electrons. The summed E-state index contributed by atoms with van der Waals surface area (Å²) in [6.07, 6.45) is 4.65. The average molecular weight is 330 g/mol. The van der Waals surface area contributed by atoms with E-state index in [1.165, 1.54) is 6.20 Å². The van der Waals surface area contributed by atoms with Gasteiger partial charge in [0, 0.05) is 35.1 Å². The zero-order valence-electron chi connectivity index (χ0n) is 13.1. The minimum atomic E-state index is -0.215. The number of hydrogen-bond acceptors (Lipinski definition) is 4. The predicted molar refractivity (Wildman–Crippen MR) is 94.8 cm³/mol. The number of nitrogens with zero attached hydrogens (tertiary/aromatic N) is 2. The number of nitrogens with one attached hydrogen (secondary N) is 2. The fourth-order valence-electron chi connectivity index (χ4n) is 2.49. The summed E-state index contributed by atoms with van der Waals surface area (Å²) in [7, 11) is 0. The van der Waals surface area contributed by atoms with Crippen LogP contribution in [0.4, 0.5) is 5.69 Å². The Balaban J connectivity index is 1.52. The van der Waals surface area contributed by atoms with Gasteiger partial charge in [-0.3, -0.25) is 9.78 Å². The highest BCUT2D eigenvalue weighted by atomic mass is 16.5. The van der Waals surface area contributed by atoms with Crippen molar-refractivity contribution in [3.05, 3.63) is 78.9 Å². The first kappa shape index (κ1) is 14.9. The number of aromatic amines is 1.